The first-order valence-corrected chi connectivity index (χ1v) is 9.85. The number of alkyl halides is 3. The summed E-state index contributed by atoms with van der Waals surface area (Å²) in [6, 6.07) is 12.5. The lowest BCUT2D eigenvalue weighted by Crippen LogP contribution is -2.35. The zero-order chi connectivity index (χ0) is 23.6. The van der Waals surface area contributed by atoms with Crippen LogP contribution in [0.2, 0.25) is 0 Å². The molecule has 0 aliphatic carbocycles. The summed E-state index contributed by atoms with van der Waals surface area (Å²) in [4.78, 5) is 27.3. The number of amides is 1. The molecule has 0 N–H and O–H groups in total. The smallest absolute Gasteiger partial charge is 0.418 e. The normalized spacial score (nSPS) is 11.5. The van der Waals surface area contributed by atoms with E-state index in [0.717, 1.165) is 16.8 Å². The summed E-state index contributed by atoms with van der Waals surface area (Å²) in [6.45, 7) is 1.45. The maximum absolute atomic E-state index is 13.6. The van der Waals surface area contributed by atoms with Gasteiger partial charge in [0.2, 0.25) is 5.43 Å². The second kappa shape index (κ2) is 8.81. The lowest BCUT2D eigenvalue weighted by molar-refractivity contribution is -0.137. The summed E-state index contributed by atoms with van der Waals surface area (Å²) in [5.74, 6) is 0.126. The van der Waals surface area contributed by atoms with Crippen molar-refractivity contribution in [3.05, 3.63) is 106 Å². The van der Waals surface area contributed by atoms with Crippen LogP contribution in [0.25, 0.3) is 5.69 Å². The molecule has 0 bridgehead atoms. The van der Waals surface area contributed by atoms with Crippen molar-refractivity contribution >= 4 is 5.91 Å². The van der Waals surface area contributed by atoms with Gasteiger partial charge in [-0.3, -0.25) is 9.59 Å². The number of hydrogen-bond donors (Lipinski definition) is 0. The van der Waals surface area contributed by atoms with Crippen LogP contribution in [-0.2, 0) is 19.3 Å². The number of carbonyl (C=O) groups is 1. The molecule has 7 nitrogen and oxygen atoms in total. The Morgan fingerprint density at radius 2 is 1.61 bits per heavy atom. The Bertz CT molecular complexity index is 1270. The van der Waals surface area contributed by atoms with Crippen LogP contribution in [0.1, 0.15) is 33.3 Å². The Morgan fingerprint density at radius 1 is 1.00 bits per heavy atom. The summed E-state index contributed by atoms with van der Waals surface area (Å²) in [5.41, 5.74) is -2.31. The minimum Gasteiger partial charge on any atom is -0.467 e. The first-order chi connectivity index (χ1) is 15.7. The molecule has 3 heterocycles. The first kappa shape index (κ1) is 22.1. The van der Waals surface area contributed by atoms with E-state index in [2.05, 4.69) is 5.10 Å². The quantitative estimate of drug-likeness (QED) is 0.423. The van der Waals surface area contributed by atoms with Crippen molar-refractivity contribution in [2.24, 2.45) is 0 Å². The molecule has 4 aromatic rings. The molecule has 4 rings (SSSR count). The Morgan fingerprint density at radius 3 is 2.15 bits per heavy atom. The predicted molar refractivity (Wildman–Crippen MR) is 111 cm³/mol. The molecule has 0 radical (unpaired) electrons. The van der Waals surface area contributed by atoms with Crippen LogP contribution in [0, 0.1) is 6.92 Å². The molecule has 0 aliphatic rings. The second-order valence-electron chi connectivity index (χ2n) is 7.25. The van der Waals surface area contributed by atoms with Crippen molar-refractivity contribution in [1.82, 2.24) is 14.7 Å². The van der Waals surface area contributed by atoms with Gasteiger partial charge in [0.1, 0.15) is 11.5 Å². The molecular formula is C23H18F3N3O4. The maximum Gasteiger partial charge on any atom is 0.418 e. The van der Waals surface area contributed by atoms with E-state index in [0.29, 0.717) is 11.5 Å². The number of aryl methyl sites for hydroxylation is 1. The highest BCUT2D eigenvalue weighted by Gasteiger charge is 2.34. The van der Waals surface area contributed by atoms with E-state index >= 15 is 0 Å². The Hall–Kier alpha value is -4.08. The largest absolute Gasteiger partial charge is 0.467 e. The summed E-state index contributed by atoms with van der Waals surface area (Å²) in [6.07, 6.45) is -1.77. The van der Waals surface area contributed by atoms with Gasteiger partial charge in [-0.2, -0.15) is 18.3 Å². The molecular weight excluding hydrogens is 439 g/mol. The molecule has 10 heteroatoms. The van der Waals surface area contributed by atoms with E-state index in [4.69, 9.17) is 8.83 Å². The zero-order valence-electron chi connectivity index (χ0n) is 17.4. The Labute approximate surface area is 185 Å². The molecule has 33 heavy (non-hydrogen) atoms. The fraction of sp³-hybridized carbons (Fsp3) is 0.174. The average Bonchev–Trinajstić information content (AvgIpc) is 3.47. The van der Waals surface area contributed by atoms with Crippen molar-refractivity contribution in [3.8, 4) is 5.69 Å². The molecule has 0 saturated heterocycles. The molecule has 1 amide bonds. The number of nitrogens with zero attached hydrogens (tertiary/aromatic N) is 3. The highest BCUT2D eigenvalue weighted by atomic mass is 19.4. The third-order valence-corrected chi connectivity index (χ3v) is 4.89. The van der Waals surface area contributed by atoms with Crippen LogP contribution in [-0.4, -0.2) is 20.6 Å². The van der Waals surface area contributed by atoms with Gasteiger partial charge in [-0.05, 0) is 43.3 Å². The van der Waals surface area contributed by atoms with Gasteiger partial charge in [0.05, 0.1) is 36.9 Å². The number of halogens is 3. The van der Waals surface area contributed by atoms with E-state index in [9.17, 15) is 22.8 Å². The minimum atomic E-state index is -4.65. The van der Waals surface area contributed by atoms with E-state index in [1.807, 2.05) is 0 Å². The van der Waals surface area contributed by atoms with Crippen molar-refractivity contribution in [1.29, 1.82) is 0 Å². The van der Waals surface area contributed by atoms with E-state index < -0.39 is 28.8 Å². The van der Waals surface area contributed by atoms with Gasteiger partial charge >= 0.3 is 6.18 Å². The zero-order valence-corrected chi connectivity index (χ0v) is 17.4. The van der Waals surface area contributed by atoms with Gasteiger partial charge in [-0.25, -0.2) is 4.68 Å². The molecule has 0 atom stereocenters. The van der Waals surface area contributed by atoms with Crippen molar-refractivity contribution < 1.29 is 26.8 Å². The highest BCUT2D eigenvalue weighted by molar-refractivity contribution is 5.92. The monoisotopic (exact) mass is 457 g/mol. The van der Waals surface area contributed by atoms with Gasteiger partial charge in [0.25, 0.3) is 5.91 Å². The molecule has 0 aliphatic heterocycles. The molecule has 0 spiro atoms. The van der Waals surface area contributed by atoms with Gasteiger partial charge in [-0.1, -0.05) is 12.1 Å². The van der Waals surface area contributed by atoms with Crippen LogP contribution in [0.15, 0.2) is 80.8 Å². The molecule has 0 fully saturated rings. The third-order valence-electron chi connectivity index (χ3n) is 4.89. The van der Waals surface area contributed by atoms with Crippen molar-refractivity contribution in [2.45, 2.75) is 26.2 Å². The fourth-order valence-corrected chi connectivity index (χ4v) is 3.37. The number of rotatable bonds is 6. The van der Waals surface area contributed by atoms with Crippen molar-refractivity contribution in [3.63, 3.8) is 0 Å². The topological polar surface area (TPSA) is 81.5 Å². The average molecular weight is 457 g/mol. The van der Waals surface area contributed by atoms with Gasteiger partial charge in [0, 0.05) is 11.8 Å². The molecule has 0 saturated carbocycles. The lowest BCUT2D eigenvalue weighted by atomic mass is 10.1. The molecule has 1 aromatic carbocycles. The lowest BCUT2D eigenvalue weighted by Gasteiger charge is -2.21. The van der Waals surface area contributed by atoms with Gasteiger partial charge in [-0.15, -0.1) is 0 Å². The standard InChI is InChI=1S/C23H18F3N3O4/c1-15-12-20(30)21(27-29(15)19-9-3-2-8-18(19)23(24,25)26)22(31)28(13-16-6-4-10-32-16)14-17-7-5-11-33-17/h2-12H,13-14H2,1H3. The SMILES string of the molecule is Cc1cc(=O)c(C(=O)N(Cc2ccco2)Cc2ccco2)nn1-c1ccccc1C(F)(F)F. The van der Waals surface area contributed by atoms with Crippen LogP contribution >= 0.6 is 0 Å². The van der Waals surface area contributed by atoms with E-state index in [1.54, 1.807) is 24.3 Å². The first-order valence-electron chi connectivity index (χ1n) is 9.85. The number of hydrogen-bond acceptors (Lipinski definition) is 5. The number of para-hydroxylation sites is 1. The summed E-state index contributed by atoms with van der Waals surface area (Å²) in [5, 5.41) is 4.05. The second-order valence-corrected chi connectivity index (χ2v) is 7.25. The summed E-state index contributed by atoms with van der Waals surface area (Å²) >= 11 is 0. The molecule has 3 aromatic heterocycles. The maximum atomic E-state index is 13.6. The molecule has 0 unspecified atom stereocenters. The number of benzene rings is 1. The van der Waals surface area contributed by atoms with Gasteiger partial charge in [0.15, 0.2) is 5.69 Å². The van der Waals surface area contributed by atoms with Crippen LogP contribution in [0.4, 0.5) is 13.2 Å². The Kier molecular flexibility index (Phi) is 5.91. The fourth-order valence-electron chi connectivity index (χ4n) is 3.37. The van der Waals surface area contributed by atoms with Crippen LogP contribution in [0.5, 0.6) is 0 Å². The summed E-state index contributed by atoms with van der Waals surface area (Å²) < 4.78 is 52.2. The van der Waals surface area contributed by atoms with Crippen LogP contribution in [0.3, 0.4) is 0 Å². The minimum absolute atomic E-state index is 0.000663. The highest BCUT2D eigenvalue weighted by Crippen LogP contribution is 2.33. The number of carbonyl (C=O) groups excluding carboxylic acids is 1. The van der Waals surface area contributed by atoms with Crippen molar-refractivity contribution in [2.75, 3.05) is 0 Å². The van der Waals surface area contributed by atoms with E-state index in [1.165, 1.54) is 42.5 Å². The molecule has 170 valence electrons. The van der Waals surface area contributed by atoms with Crippen LogP contribution < -0.4 is 5.43 Å². The van der Waals surface area contributed by atoms with Gasteiger partial charge < -0.3 is 13.7 Å². The Balaban J connectivity index is 1.78. The number of furan rings is 2. The van der Waals surface area contributed by atoms with E-state index in [-0.39, 0.29) is 24.5 Å². The predicted octanol–water partition coefficient (Wildman–Crippen LogP) is 4.59. The number of aromatic nitrogens is 2. The summed E-state index contributed by atoms with van der Waals surface area (Å²) in [7, 11) is 0. The third kappa shape index (κ3) is 4.74.